The highest BCUT2D eigenvalue weighted by Crippen LogP contribution is 2.33. The van der Waals surface area contributed by atoms with Crippen LogP contribution < -0.4 is 0 Å². The van der Waals surface area contributed by atoms with Gasteiger partial charge in [0.05, 0.1) is 0 Å². The number of carbonyl (C=O) groups excluding carboxylic acids is 1. The Morgan fingerprint density at radius 2 is 2.04 bits per heavy atom. The Morgan fingerprint density at radius 3 is 2.72 bits per heavy atom. The highest BCUT2D eigenvalue weighted by atomic mass is 19.1. The first-order valence-electron chi connectivity index (χ1n) is 8.59. The van der Waals surface area contributed by atoms with E-state index in [9.17, 15) is 9.18 Å². The van der Waals surface area contributed by atoms with Crippen molar-refractivity contribution >= 4 is 16.8 Å². The van der Waals surface area contributed by atoms with Gasteiger partial charge in [-0.25, -0.2) is 4.39 Å². The second kappa shape index (κ2) is 6.02. The molecule has 0 atom stereocenters. The summed E-state index contributed by atoms with van der Waals surface area (Å²) in [4.78, 5) is 17.7. The fourth-order valence-electron chi connectivity index (χ4n) is 3.68. The van der Waals surface area contributed by atoms with Crippen molar-refractivity contribution in [2.24, 2.45) is 7.05 Å². The Bertz CT molecular complexity index is 915. The van der Waals surface area contributed by atoms with Gasteiger partial charge in [0, 0.05) is 42.9 Å². The summed E-state index contributed by atoms with van der Waals surface area (Å²) >= 11 is 0. The molecule has 0 spiro atoms. The number of H-pyrrole nitrogens is 1. The number of fused-ring (bicyclic) bond motifs is 1. The lowest BCUT2D eigenvalue weighted by molar-refractivity contribution is 0.0706. The van der Waals surface area contributed by atoms with Gasteiger partial charge in [-0.3, -0.25) is 9.48 Å². The highest BCUT2D eigenvalue weighted by Gasteiger charge is 2.27. The minimum absolute atomic E-state index is 0.00291. The number of carbonyl (C=O) groups is 1. The number of amides is 1. The van der Waals surface area contributed by atoms with Gasteiger partial charge in [0.25, 0.3) is 5.91 Å². The number of aromatic nitrogens is 3. The first-order valence-corrected chi connectivity index (χ1v) is 8.59. The number of nitrogens with zero attached hydrogens (tertiary/aromatic N) is 3. The summed E-state index contributed by atoms with van der Waals surface area (Å²) in [7, 11) is 1.85. The molecule has 1 fully saturated rings. The Kier molecular flexibility index (Phi) is 3.82. The molecule has 1 aromatic carbocycles. The van der Waals surface area contributed by atoms with Crippen molar-refractivity contribution in [1.82, 2.24) is 19.7 Å². The molecule has 1 aliphatic rings. The summed E-state index contributed by atoms with van der Waals surface area (Å²) in [6.45, 7) is 3.37. The lowest BCUT2D eigenvalue weighted by Gasteiger charge is -2.31. The molecule has 0 aliphatic carbocycles. The molecule has 3 aromatic rings. The number of likely N-dealkylation sites (tertiary alicyclic amines) is 1. The number of piperidine rings is 1. The second-order valence-corrected chi connectivity index (χ2v) is 6.79. The van der Waals surface area contributed by atoms with Crippen LogP contribution in [-0.4, -0.2) is 38.7 Å². The van der Waals surface area contributed by atoms with E-state index in [4.69, 9.17) is 0 Å². The maximum Gasteiger partial charge on any atom is 0.274 e. The van der Waals surface area contributed by atoms with E-state index in [-0.39, 0.29) is 11.7 Å². The number of hydrogen-bond donors (Lipinski definition) is 1. The molecule has 1 N–H and O–H groups in total. The molecular weight excluding hydrogens is 319 g/mol. The van der Waals surface area contributed by atoms with Crippen molar-refractivity contribution in [3.63, 3.8) is 0 Å². The Hall–Kier alpha value is -2.63. The van der Waals surface area contributed by atoms with E-state index in [0.29, 0.717) is 24.7 Å². The average Bonchev–Trinajstić information content (AvgIpc) is 3.17. The number of aromatic amines is 1. The molecule has 5 nitrogen and oxygen atoms in total. The largest absolute Gasteiger partial charge is 0.361 e. The summed E-state index contributed by atoms with van der Waals surface area (Å²) in [5, 5.41) is 5.36. The molecule has 2 aromatic heterocycles. The molecule has 130 valence electrons. The average molecular weight is 340 g/mol. The zero-order chi connectivity index (χ0) is 17.6. The van der Waals surface area contributed by atoms with Crippen molar-refractivity contribution in [1.29, 1.82) is 0 Å². The van der Waals surface area contributed by atoms with E-state index in [0.717, 1.165) is 29.4 Å². The van der Waals surface area contributed by atoms with Crippen LogP contribution in [-0.2, 0) is 7.05 Å². The maximum absolute atomic E-state index is 13.3. The van der Waals surface area contributed by atoms with Gasteiger partial charge in [0.15, 0.2) is 5.69 Å². The van der Waals surface area contributed by atoms with E-state index >= 15 is 0 Å². The lowest BCUT2D eigenvalue weighted by Crippen LogP contribution is -2.38. The second-order valence-electron chi connectivity index (χ2n) is 6.79. The van der Waals surface area contributed by atoms with Crippen molar-refractivity contribution in [2.45, 2.75) is 25.7 Å². The van der Waals surface area contributed by atoms with Crippen LogP contribution in [0.5, 0.6) is 0 Å². The minimum atomic E-state index is -0.230. The normalized spacial score (nSPS) is 15.9. The number of benzene rings is 1. The number of aryl methyl sites for hydroxylation is 2. The molecule has 0 radical (unpaired) electrons. The molecule has 1 saturated heterocycles. The van der Waals surface area contributed by atoms with E-state index in [1.165, 1.54) is 17.7 Å². The number of rotatable bonds is 2. The van der Waals surface area contributed by atoms with E-state index in [2.05, 4.69) is 10.1 Å². The standard InChI is InChI=1S/C19H21FN4O/c1-12-9-18(22-23(12)2)19(25)24-7-5-13(6-8-24)16-11-21-17-10-14(20)3-4-15(16)17/h3-4,9-11,13,21H,5-8H2,1-2H3. The molecular formula is C19H21FN4O. The Labute approximate surface area is 145 Å². The highest BCUT2D eigenvalue weighted by molar-refractivity contribution is 5.92. The van der Waals surface area contributed by atoms with Crippen molar-refractivity contribution < 1.29 is 9.18 Å². The van der Waals surface area contributed by atoms with Crippen LogP contribution in [0.2, 0.25) is 0 Å². The third-order valence-electron chi connectivity index (χ3n) is 5.23. The summed E-state index contributed by atoms with van der Waals surface area (Å²) in [5.74, 6) is 0.156. The quantitative estimate of drug-likeness (QED) is 0.778. The topological polar surface area (TPSA) is 53.9 Å². The molecule has 25 heavy (non-hydrogen) atoms. The molecule has 3 heterocycles. The van der Waals surface area contributed by atoms with Crippen LogP contribution in [0.3, 0.4) is 0 Å². The van der Waals surface area contributed by atoms with E-state index < -0.39 is 0 Å². The first kappa shape index (κ1) is 15.9. The zero-order valence-corrected chi connectivity index (χ0v) is 14.4. The van der Waals surface area contributed by atoms with Gasteiger partial charge >= 0.3 is 0 Å². The zero-order valence-electron chi connectivity index (χ0n) is 14.4. The number of nitrogens with one attached hydrogen (secondary N) is 1. The van der Waals surface area contributed by atoms with Crippen LogP contribution in [0.4, 0.5) is 4.39 Å². The molecule has 0 unspecified atom stereocenters. The number of hydrogen-bond acceptors (Lipinski definition) is 2. The fraction of sp³-hybridized carbons (Fsp3) is 0.368. The van der Waals surface area contributed by atoms with Crippen molar-refractivity contribution in [3.8, 4) is 0 Å². The summed E-state index contributed by atoms with van der Waals surface area (Å²) < 4.78 is 15.1. The SMILES string of the molecule is Cc1cc(C(=O)N2CCC(c3c[nH]c4cc(F)ccc34)CC2)nn1C. The van der Waals surface area contributed by atoms with Gasteiger partial charge < -0.3 is 9.88 Å². The third kappa shape index (κ3) is 2.81. The van der Waals surface area contributed by atoms with Crippen molar-refractivity contribution in [2.75, 3.05) is 13.1 Å². The van der Waals surface area contributed by atoms with Crippen LogP contribution in [0.1, 0.15) is 40.5 Å². The summed E-state index contributed by atoms with van der Waals surface area (Å²) in [6, 6.07) is 6.70. The molecule has 0 saturated carbocycles. The van der Waals surface area contributed by atoms with Crippen molar-refractivity contribution in [3.05, 3.63) is 53.2 Å². The smallest absolute Gasteiger partial charge is 0.274 e. The molecule has 1 amide bonds. The molecule has 4 rings (SSSR count). The van der Waals surface area contributed by atoms with E-state index in [1.54, 1.807) is 4.68 Å². The fourth-order valence-corrected chi connectivity index (χ4v) is 3.68. The van der Waals surface area contributed by atoms with Crippen LogP contribution in [0.25, 0.3) is 10.9 Å². The van der Waals surface area contributed by atoms with Gasteiger partial charge in [0.2, 0.25) is 0 Å². The number of halogens is 1. The predicted octanol–water partition coefficient (Wildman–Crippen LogP) is 3.37. The molecule has 6 heteroatoms. The summed E-state index contributed by atoms with van der Waals surface area (Å²) in [6.07, 6.45) is 3.79. The molecule has 1 aliphatic heterocycles. The van der Waals surface area contributed by atoms with Crippen LogP contribution >= 0.6 is 0 Å². The lowest BCUT2D eigenvalue weighted by atomic mass is 9.89. The Balaban J connectivity index is 1.48. The first-order chi connectivity index (χ1) is 12.0. The van der Waals surface area contributed by atoms with Gasteiger partial charge in [-0.1, -0.05) is 0 Å². The molecule has 0 bridgehead atoms. The minimum Gasteiger partial charge on any atom is -0.361 e. The van der Waals surface area contributed by atoms with Gasteiger partial charge in [-0.05, 0) is 55.5 Å². The van der Waals surface area contributed by atoms with Crippen LogP contribution in [0.15, 0.2) is 30.5 Å². The van der Waals surface area contributed by atoms with Crippen LogP contribution in [0, 0.1) is 12.7 Å². The van der Waals surface area contributed by atoms with Gasteiger partial charge in [-0.15, -0.1) is 0 Å². The van der Waals surface area contributed by atoms with E-state index in [1.807, 2.05) is 37.2 Å². The predicted molar refractivity (Wildman–Crippen MR) is 94.1 cm³/mol. The maximum atomic E-state index is 13.3. The van der Waals surface area contributed by atoms with Gasteiger partial charge in [0.1, 0.15) is 5.82 Å². The van der Waals surface area contributed by atoms with Gasteiger partial charge in [-0.2, -0.15) is 5.10 Å². The monoisotopic (exact) mass is 340 g/mol. The Morgan fingerprint density at radius 1 is 1.28 bits per heavy atom. The third-order valence-corrected chi connectivity index (χ3v) is 5.23. The summed E-state index contributed by atoms with van der Waals surface area (Å²) in [5.41, 5.74) is 3.54.